The van der Waals surface area contributed by atoms with Crippen LogP contribution in [0.2, 0.25) is 0 Å². The monoisotopic (exact) mass is 393 g/mol. The minimum atomic E-state index is 0.215. The number of halogens is 2. The van der Waals surface area contributed by atoms with Crippen molar-refractivity contribution in [3.8, 4) is 5.75 Å². The molecule has 2 rings (SSSR count). The van der Waals surface area contributed by atoms with Crippen molar-refractivity contribution in [2.45, 2.75) is 6.92 Å². The summed E-state index contributed by atoms with van der Waals surface area (Å²) in [6, 6.07) is 7.67. The van der Waals surface area contributed by atoms with Crippen molar-refractivity contribution >= 4 is 44.0 Å². The summed E-state index contributed by atoms with van der Waals surface area (Å²) in [4.78, 5) is 3.99. The van der Waals surface area contributed by atoms with Crippen LogP contribution in [0.3, 0.4) is 0 Å². The Morgan fingerprint density at radius 3 is 2.30 bits per heavy atom. The van der Waals surface area contributed by atoms with E-state index in [-0.39, 0.29) is 5.75 Å². The van der Waals surface area contributed by atoms with Crippen LogP contribution < -0.4 is 0 Å². The highest BCUT2D eigenvalue weighted by Gasteiger charge is 2.04. The van der Waals surface area contributed by atoms with Crippen molar-refractivity contribution in [3.05, 3.63) is 68.4 Å². The molecule has 0 saturated carbocycles. The Balaban J connectivity index is 2.21. The van der Waals surface area contributed by atoms with Gasteiger partial charge in [-0.15, -0.1) is 0 Å². The zero-order valence-electron chi connectivity index (χ0n) is 10.8. The average molecular weight is 395 g/mol. The van der Waals surface area contributed by atoms with Crippen molar-refractivity contribution in [2.75, 3.05) is 0 Å². The smallest absolute Gasteiger partial charge is 0.143 e. The molecular weight excluding hydrogens is 382 g/mol. The van der Waals surface area contributed by atoms with Crippen LogP contribution in [0.25, 0.3) is 12.2 Å². The Kier molecular flexibility index (Phi) is 5.15. The maximum Gasteiger partial charge on any atom is 0.143 e. The van der Waals surface area contributed by atoms with Gasteiger partial charge in [-0.2, -0.15) is 0 Å². The molecule has 0 radical (unpaired) electrons. The second kappa shape index (κ2) is 6.86. The molecular formula is C16H13Br2NO. The second-order valence-corrected chi connectivity index (χ2v) is 6.04. The predicted octanol–water partition coefficient (Wildman–Crippen LogP) is 5.43. The molecule has 1 aromatic carbocycles. The van der Waals surface area contributed by atoms with Gasteiger partial charge in [-0.25, -0.2) is 0 Å². The van der Waals surface area contributed by atoms with Gasteiger partial charge in [0.25, 0.3) is 0 Å². The van der Waals surface area contributed by atoms with Crippen LogP contribution in [0.5, 0.6) is 5.75 Å². The van der Waals surface area contributed by atoms with E-state index >= 15 is 0 Å². The summed E-state index contributed by atoms with van der Waals surface area (Å²) >= 11 is 6.66. The Morgan fingerprint density at radius 1 is 1.10 bits per heavy atom. The first-order chi connectivity index (χ1) is 9.56. The van der Waals surface area contributed by atoms with Crippen molar-refractivity contribution in [1.29, 1.82) is 0 Å². The van der Waals surface area contributed by atoms with E-state index in [2.05, 4.69) is 36.8 Å². The lowest BCUT2D eigenvalue weighted by Gasteiger charge is -2.03. The fourth-order valence-corrected chi connectivity index (χ4v) is 2.90. The molecule has 0 fully saturated rings. The molecule has 0 unspecified atom stereocenters. The molecule has 0 atom stereocenters. The number of phenols is 1. The van der Waals surface area contributed by atoms with Gasteiger partial charge in [0, 0.05) is 12.4 Å². The highest BCUT2D eigenvalue weighted by atomic mass is 79.9. The van der Waals surface area contributed by atoms with Crippen LogP contribution in [0.1, 0.15) is 18.1 Å². The molecule has 0 aliphatic rings. The fourth-order valence-electron chi connectivity index (χ4n) is 1.68. The minimum absolute atomic E-state index is 0.215. The summed E-state index contributed by atoms with van der Waals surface area (Å²) in [5.41, 5.74) is 3.24. The largest absolute Gasteiger partial charge is 0.506 e. The number of hydrogen-bond donors (Lipinski definition) is 1. The zero-order valence-corrected chi connectivity index (χ0v) is 14.0. The number of phenolic OH excluding ortho intramolecular Hbond substituents is 1. The Hall–Kier alpha value is -1.39. The summed E-state index contributed by atoms with van der Waals surface area (Å²) in [6.07, 6.45) is 9.68. The molecule has 0 bridgehead atoms. The van der Waals surface area contributed by atoms with Gasteiger partial charge in [0.1, 0.15) is 5.75 Å². The zero-order chi connectivity index (χ0) is 14.5. The van der Waals surface area contributed by atoms with E-state index in [9.17, 15) is 5.11 Å². The van der Waals surface area contributed by atoms with Gasteiger partial charge in [-0.1, -0.05) is 23.8 Å². The number of nitrogens with zero attached hydrogens (tertiary/aromatic N) is 1. The molecule has 4 heteroatoms. The summed E-state index contributed by atoms with van der Waals surface area (Å²) in [7, 11) is 0. The number of hydrogen-bond acceptors (Lipinski definition) is 2. The van der Waals surface area contributed by atoms with Gasteiger partial charge < -0.3 is 5.11 Å². The molecule has 0 aliphatic heterocycles. The molecule has 20 heavy (non-hydrogen) atoms. The second-order valence-electron chi connectivity index (χ2n) is 4.34. The van der Waals surface area contributed by atoms with Crippen molar-refractivity contribution < 1.29 is 5.11 Å². The molecule has 0 amide bonds. The van der Waals surface area contributed by atoms with E-state index in [4.69, 9.17) is 0 Å². The summed E-state index contributed by atoms with van der Waals surface area (Å²) in [5.74, 6) is 0.215. The van der Waals surface area contributed by atoms with E-state index in [1.807, 2.05) is 49.4 Å². The fraction of sp³-hybridized carbons (Fsp3) is 0.0625. The van der Waals surface area contributed by atoms with E-state index < -0.39 is 0 Å². The first-order valence-electron chi connectivity index (χ1n) is 6.00. The lowest BCUT2D eigenvalue weighted by Crippen LogP contribution is -1.79. The minimum Gasteiger partial charge on any atom is -0.506 e. The average Bonchev–Trinajstić information content (AvgIpc) is 2.43. The van der Waals surface area contributed by atoms with Crippen LogP contribution in [0, 0.1) is 0 Å². The third-order valence-electron chi connectivity index (χ3n) is 2.68. The van der Waals surface area contributed by atoms with E-state index in [1.165, 1.54) is 0 Å². The molecule has 0 saturated heterocycles. The standard InChI is InChI=1S/C16H13Br2NO/c1-11(2-3-12-4-6-19-7-5-12)8-13-9-14(17)16(20)15(18)10-13/h2-10,20H,1H3/b3-2+,11-8+. The molecule has 102 valence electrons. The van der Waals surface area contributed by atoms with E-state index in [0.717, 1.165) is 16.7 Å². The van der Waals surface area contributed by atoms with Crippen LogP contribution in [-0.4, -0.2) is 10.1 Å². The number of allylic oxidation sites excluding steroid dienone is 2. The van der Waals surface area contributed by atoms with Crippen molar-refractivity contribution in [2.24, 2.45) is 0 Å². The van der Waals surface area contributed by atoms with Crippen molar-refractivity contribution in [1.82, 2.24) is 4.98 Å². The Morgan fingerprint density at radius 2 is 1.70 bits per heavy atom. The highest BCUT2D eigenvalue weighted by Crippen LogP contribution is 2.33. The third-order valence-corrected chi connectivity index (χ3v) is 3.89. The molecule has 2 aromatic rings. The Bertz CT molecular complexity index is 640. The molecule has 1 heterocycles. The maximum atomic E-state index is 9.68. The van der Waals surface area contributed by atoms with E-state index in [0.29, 0.717) is 8.95 Å². The number of pyridine rings is 1. The summed E-state index contributed by atoms with van der Waals surface area (Å²) in [5, 5.41) is 9.68. The van der Waals surface area contributed by atoms with Crippen molar-refractivity contribution in [3.63, 3.8) is 0 Å². The molecule has 0 spiro atoms. The number of rotatable bonds is 3. The van der Waals surface area contributed by atoms with Crippen LogP contribution in [0.4, 0.5) is 0 Å². The molecule has 2 nitrogen and oxygen atoms in total. The van der Waals surface area contributed by atoms with Gasteiger partial charge in [0.2, 0.25) is 0 Å². The SMILES string of the molecule is CC(/C=C/c1ccncc1)=C\c1cc(Br)c(O)c(Br)c1. The molecule has 0 aliphatic carbocycles. The number of aromatic nitrogens is 1. The lowest BCUT2D eigenvalue weighted by atomic mass is 10.1. The van der Waals surface area contributed by atoms with Gasteiger partial charge in [-0.05, 0) is 74.2 Å². The molecule has 1 aromatic heterocycles. The van der Waals surface area contributed by atoms with Crippen LogP contribution in [0.15, 0.2) is 57.3 Å². The predicted molar refractivity (Wildman–Crippen MR) is 90.4 cm³/mol. The van der Waals surface area contributed by atoms with Crippen LogP contribution in [-0.2, 0) is 0 Å². The normalized spacial score (nSPS) is 12.1. The first kappa shape index (κ1) is 15.0. The van der Waals surface area contributed by atoms with Gasteiger partial charge in [0.05, 0.1) is 8.95 Å². The summed E-state index contributed by atoms with van der Waals surface area (Å²) < 4.78 is 1.34. The highest BCUT2D eigenvalue weighted by molar-refractivity contribution is 9.11. The number of aromatic hydroxyl groups is 1. The number of benzene rings is 1. The molecule has 1 N–H and O–H groups in total. The van der Waals surface area contributed by atoms with Gasteiger partial charge in [0.15, 0.2) is 0 Å². The maximum absolute atomic E-state index is 9.68. The summed E-state index contributed by atoms with van der Waals surface area (Å²) in [6.45, 7) is 2.03. The first-order valence-corrected chi connectivity index (χ1v) is 7.59. The van der Waals surface area contributed by atoms with Crippen LogP contribution >= 0.6 is 31.9 Å². The quantitative estimate of drug-likeness (QED) is 0.704. The van der Waals surface area contributed by atoms with E-state index in [1.54, 1.807) is 12.4 Å². The van der Waals surface area contributed by atoms with Gasteiger partial charge in [-0.3, -0.25) is 4.98 Å². The third kappa shape index (κ3) is 4.05. The van der Waals surface area contributed by atoms with Gasteiger partial charge >= 0.3 is 0 Å². The Labute approximate surface area is 135 Å². The lowest BCUT2D eigenvalue weighted by molar-refractivity contribution is 0.468. The topological polar surface area (TPSA) is 33.1 Å².